The molecule has 2 rings (SSSR count). The fourth-order valence-electron chi connectivity index (χ4n) is 2.22. The van der Waals surface area contributed by atoms with Gasteiger partial charge in [-0.25, -0.2) is 4.98 Å². The van der Waals surface area contributed by atoms with E-state index < -0.39 is 0 Å². The summed E-state index contributed by atoms with van der Waals surface area (Å²) < 4.78 is 0. The highest BCUT2D eigenvalue weighted by Crippen LogP contribution is 2.22. The summed E-state index contributed by atoms with van der Waals surface area (Å²) in [7, 11) is 0. The maximum Gasteiger partial charge on any atom is 0.0940 e. The number of nitrogens with one attached hydrogen (secondary N) is 1. The molecule has 0 aliphatic heterocycles. The molecule has 2 aromatic rings. The lowest BCUT2D eigenvalue weighted by molar-refractivity contribution is 0.457. The summed E-state index contributed by atoms with van der Waals surface area (Å²) in [4.78, 5) is 4.39. The lowest BCUT2D eigenvalue weighted by Gasteiger charge is -2.24. The molecule has 0 bridgehead atoms. The van der Waals surface area contributed by atoms with Gasteiger partial charge in [0.2, 0.25) is 0 Å². The Bertz CT molecular complexity index is 439. The maximum absolute atomic E-state index is 4.39. The van der Waals surface area contributed by atoms with E-state index in [1.165, 1.54) is 10.6 Å². The molecular formula is C15H20N2S. The normalized spacial score (nSPS) is 14.3. The number of nitrogens with zero attached hydrogens (tertiary/aromatic N) is 1. The Kier molecular flexibility index (Phi) is 4.90. The summed E-state index contributed by atoms with van der Waals surface area (Å²) in [5.41, 5.74) is 1.39. The van der Waals surface area contributed by atoms with E-state index in [0.29, 0.717) is 12.0 Å². The van der Waals surface area contributed by atoms with Crippen LogP contribution in [-0.4, -0.2) is 17.6 Å². The molecule has 0 radical (unpaired) electrons. The number of aromatic nitrogens is 1. The number of hydrogen-bond donors (Lipinski definition) is 1. The fraction of sp³-hybridized carbons (Fsp3) is 0.400. The van der Waals surface area contributed by atoms with Crippen LogP contribution in [0.3, 0.4) is 0 Å². The summed E-state index contributed by atoms with van der Waals surface area (Å²) in [5, 5.41) is 6.84. The van der Waals surface area contributed by atoms with Gasteiger partial charge in [-0.05, 0) is 18.0 Å². The molecule has 0 fully saturated rings. The van der Waals surface area contributed by atoms with Crippen LogP contribution in [0.5, 0.6) is 0 Å². The third-order valence-corrected chi connectivity index (χ3v) is 4.08. The average molecular weight is 260 g/mol. The summed E-state index contributed by atoms with van der Waals surface area (Å²) in [5.74, 6) is 0.495. The van der Waals surface area contributed by atoms with Crippen LogP contribution in [0.2, 0.25) is 0 Å². The number of rotatable bonds is 6. The first-order valence-electron chi connectivity index (χ1n) is 6.48. The van der Waals surface area contributed by atoms with Gasteiger partial charge < -0.3 is 5.32 Å². The van der Waals surface area contributed by atoms with Crippen molar-refractivity contribution >= 4 is 11.3 Å². The lowest BCUT2D eigenvalue weighted by atomic mass is 9.91. The molecule has 1 heterocycles. The lowest BCUT2D eigenvalue weighted by Crippen LogP contribution is -2.35. The van der Waals surface area contributed by atoms with E-state index in [4.69, 9.17) is 0 Å². The topological polar surface area (TPSA) is 24.9 Å². The minimum Gasteiger partial charge on any atom is -0.313 e. The zero-order chi connectivity index (χ0) is 12.8. The van der Waals surface area contributed by atoms with E-state index in [2.05, 4.69) is 54.5 Å². The van der Waals surface area contributed by atoms with Crippen LogP contribution in [-0.2, 0) is 6.42 Å². The third kappa shape index (κ3) is 3.40. The minimum absolute atomic E-state index is 0.448. The maximum atomic E-state index is 4.39. The molecule has 2 nitrogen and oxygen atoms in total. The van der Waals surface area contributed by atoms with E-state index in [1.807, 2.05) is 11.6 Å². The van der Waals surface area contributed by atoms with Crippen molar-refractivity contribution in [3.05, 3.63) is 52.5 Å². The van der Waals surface area contributed by atoms with Crippen molar-refractivity contribution in [2.45, 2.75) is 32.2 Å². The van der Waals surface area contributed by atoms with Crippen molar-refractivity contribution in [2.24, 2.45) is 0 Å². The first-order chi connectivity index (χ1) is 8.81. The van der Waals surface area contributed by atoms with E-state index in [9.17, 15) is 0 Å². The summed E-state index contributed by atoms with van der Waals surface area (Å²) in [6.07, 6.45) is 2.89. The first kappa shape index (κ1) is 13.2. The molecule has 0 saturated carbocycles. The van der Waals surface area contributed by atoms with Gasteiger partial charge in [-0.1, -0.05) is 44.2 Å². The largest absolute Gasteiger partial charge is 0.313 e. The molecule has 1 N–H and O–H groups in total. The molecule has 2 unspecified atom stereocenters. The van der Waals surface area contributed by atoms with Crippen molar-refractivity contribution in [1.82, 2.24) is 10.3 Å². The number of thiazole rings is 1. The highest BCUT2D eigenvalue weighted by molar-refractivity contribution is 7.09. The second kappa shape index (κ2) is 6.66. The molecule has 0 aliphatic carbocycles. The Hall–Kier alpha value is -1.19. The second-order valence-corrected chi connectivity index (χ2v) is 5.47. The van der Waals surface area contributed by atoms with Gasteiger partial charge in [-0.3, -0.25) is 0 Å². The third-order valence-electron chi connectivity index (χ3n) is 3.27. The number of likely N-dealkylation sites (N-methyl/N-ethyl adjacent to an activating group) is 1. The van der Waals surface area contributed by atoms with Crippen molar-refractivity contribution in [2.75, 3.05) is 6.54 Å². The Morgan fingerprint density at radius 1 is 1.28 bits per heavy atom. The van der Waals surface area contributed by atoms with Crippen LogP contribution in [0.4, 0.5) is 0 Å². The molecule has 0 amide bonds. The second-order valence-electron chi connectivity index (χ2n) is 4.49. The molecule has 1 aromatic carbocycles. The molecular weight excluding hydrogens is 240 g/mol. The molecule has 3 heteroatoms. The minimum atomic E-state index is 0.448. The Morgan fingerprint density at radius 2 is 2.06 bits per heavy atom. The van der Waals surface area contributed by atoms with Gasteiger partial charge in [-0.2, -0.15) is 0 Å². The molecule has 18 heavy (non-hydrogen) atoms. The molecule has 96 valence electrons. The summed E-state index contributed by atoms with van der Waals surface area (Å²) >= 11 is 1.74. The smallest absolute Gasteiger partial charge is 0.0940 e. The fourth-order valence-corrected chi connectivity index (χ4v) is 2.90. The number of hydrogen-bond acceptors (Lipinski definition) is 3. The van der Waals surface area contributed by atoms with E-state index >= 15 is 0 Å². The predicted octanol–water partition coefficient (Wildman–Crippen LogP) is 3.47. The van der Waals surface area contributed by atoms with Gasteiger partial charge in [0.1, 0.15) is 0 Å². The monoisotopic (exact) mass is 260 g/mol. The summed E-state index contributed by atoms with van der Waals surface area (Å²) in [6.45, 7) is 5.44. The van der Waals surface area contributed by atoms with Gasteiger partial charge >= 0.3 is 0 Å². The van der Waals surface area contributed by atoms with E-state index in [0.717, 1.165) is 13.0 Å². The van der Waals surface area contributed by atoms with Gasteiger partial charge in [0.05, 0.1) is 5.01 Å². The Balaban J connectivity index is 2.09. The Labute approximate surface area is 113 Å². The molecule has 0 aliphatic rings. The number of benzene rings is 1. The zero-order valence-corrected chi connectivity index (χ0v) is 11.8. The average Bonchev–Trinajstić information content (AvgIpc) is 2.91. The van der Waals surface area contributed by atoms with Crippen LogP contribution in [0.15, 0.2) is 41.9 Å². The van der Waals surface area contributed by atoms with Crippen LogP contribution < -0.4 is 5.32 Å². The molecule has 1 aromatic heterocycles. The summed E-state index contributed by atoms with van der Waals surface area (Å²) in [6, 6.07) is 11.1. The van der Waals surface area contributed by atoms with Gasteiger partial charge in [-0.15, -0.1) is 11.3 Å². The van der Waals surface area contributed by atoms with Gasteiger partial charge in [0, 0.05) is 24.0 Å². The van der Waals surface area contributed by atoms with Gasteiger partial charge in [0.25, 0.3) is 0 Å². The molecule has 0 saturated heterocycles. The quantitative estimate of drug-likeness (QED) is 0.860. The molecule has 2 atom stereocenters. The predicted molar refractivity (Wildman–Crippen MR) is 78.1 cm³/mol. The molecule has 0 spiro atoms. The van der Waals surface area contributed by atoms with Crippen molar-refractivity contribution in [1.29, 1.82) is 0 Å². The van der Waals surface area contributed by atoms with Gasteiger partial charge in [0.15, 0.2) is 0 Å². The van der Waals surface area contributed by atoms with E-state index in [-0.39, 0.29) is 0 Å². The van der Waals surface area contributed by atoms with Crippen LogP contribution >= 0.6 is 11.3 Å². The van der Waals surface area contributed by atoms with Crippen LogP contribution in [0.1, 0.15) is 30.3 Å². The highest BCUT2D eigenvalue weighted by Gasteiger charge is 2.19. The van der Waals surface area contributed by atoms with Crippen LogP contribution in [0, 0.1) is 0 Å². The SMILES string of the molecule is CCNC(Cc1nccs1)C(C)c1ccccc1. The highest BCUT2D eigenvalue weighted by atomic mass is 32.1. The van der Waals surface area contributed by atoms with Crippen molar-refractivity contribution in [3.63, 3.8) is 0 Å². The first-order valence-corrected chi connectivity index (χ1v) is 7.36. The van der Waals surface area contributed by atoms with E-state index in [1.54, 1.807) is 11.3 Å². The standard InChI is InChI=1S/C15H20N2S/c1-3-16-14(11-15-17-9-10-18-15)12(2)13-7-5-4-6-8-13/h4-10,12,14,16H,3,11H2,1-2H3. The van der Waals surface area contributed by atoms with Crippen molar-refractivity contribution < 1.29 is 0 Å². The van der Waals surface area contributed by atoms with Crippen molar-refractivity contribution in [3.8, 4) is 0 Å². The zero-order valence-electron chi connectivity index (χ0n) is 11.0. The van der Waals surface area contributed by atoms with Crippen LogP contribution in [0.25, 0.3) is 0 Å². The Morgan fingerprint density at radius 3 is 2.67 bits per heavy atom.